The van der Waals surface area contributed by atoms with Crippen molar-refractivity contribution in [2.24, 2.45) is 5.73 Å². The van der Waals surface area contributed by atoms with Gasteiger partial charge in [-0.1, -0.05) is 30.3 Å². The van der Waals surface area contributed by atoms with Crippen LogP contribution in [0.15, 0.2) is 46.3 Å². The second kappa shape index (κ2) is 7.04. The van der Waals surface area contributed by atoms with E-state index in [4.69, 9.17) is 5.73 Å². The molecule has 0 saturated carbocycles. The first-order valence-corrected chi connectivity index (χ1v) is 7.59. The predicted molar refractivity (Wildman–Crippen MR) is 81.8 cm³/mol. The smallest absolute Gasteiger partial charge is 0.0701 e. The molecule has 3 N–H and O–H groups in total. The van der Waals surface area contributed by atoms with Crippen LogP contribution < -0.4 is 11.1 Å². The number of thiophene rings is 1. The van der Waals surface area contributed by atoms with Crippen molar-refractivity contribution in [3.8, 4) is 0 Å². The molecule has 4 heteroatoms. The van der Waals surface area contributed by atoms with Gasteiger partial charge >= 0.3 is 0 Å². The van der Waals surface area contributed by atoms with E-state index in [9.17, 15) is 0 Å². The van der Waals surface area contributed by atoms with Gasteiger partial charge in [-0.2, -0.15) is 0 Å². The zero-order chi connectivity index (χ0) is 12.8. The Morgan fingerprint density at radius 2 is 1.94 bits per heavy atom. The molecular weight excluding hydrogens is 308 g/mol. The summed E-state index contributed by atoms with van der Waals surface area (Å²) in [7, 11) is 0. The van der Waals surface area contributed by atoms with Crippen molar-refractivity contribution in [1.82, 2.24) is 5.32 Å². The molecule has 0 aliphatic rings. The van der Waals surface area contributed by atoms with Crippen LogP contribution in [0.25, 0.3) is 0 Å². The molecule has 1 atom stereocenters. The molecule has 2 rings (SSSR count). The highest BCUT2D eigenvalue weighted by Gasteiger charge is 2.04. The molecule has 2 nitrogen and oxygen atoms in total. The number of nitrogens with two attached hydrogens (primary N) is 1. The summed E-state index contributed by atoms with van der Waals surface area (Å²) in [5, 5.41) is 3.40. The minimum Gasteiger partial charge on any atom is -0.326 e. The maximum Gasteiger partial charge on any atom is 0.0701 e. The van der Waals surface area contributed by atoms with E-state index >= 15 is 0 Å². The number of benzene rings is 1. The van der Waals surface area contributed by atoms with Crippen LogP contribution in [0.1, 0.15) is 10.4 Å². The van der Waals surface area contributed by atoms with E-state index in [1.54, 1.807) is 11.3 Å². The van der Waals surface area contributed by atoms with Crippen LogP contribution in [0.3, 0.4) is 0 Å². The second-order valence-corrected chi connectivity index (χ2v) is 6.83. The first-order valence-electron chi connectivity index (χ1n) is 5.98. The summed E-state index contributed by atoms with van der Waals surface area (Å²) in [4.78, 5) is 1.33. The summed E-state index contributed by atoms with van der Waals surface area (Å²) in [6.07, 6.45) is 0.919. The first kappa shape index (κ1) is 13.7. The fourth-order valence-corrected chi connectivity index (χ4v) is 3.27. The predicted octanol–water partition coefficient (Wildman–Crippen LogP) is 3.17. The van der Waals surface area contributed by atoms with Gasteiger partial charge in [0.2, 0.25) is 0 Å². The Balaban J connectivity index is 1.70. The van der Waals surface area contributed by atoms with Crippen LogP contribution >= 0.6 is 27.3 Å². The average molecular weight is 325 g/mol. The lowest BCUT2D eigenvalue weighted by molar-refractivity contribution is 0.576. The number of hydrogen-bond acceptors (Lipinski definition) is 3. The van der Waals surface area contributed by atoms with Gasteiger partial charge < -0.3 is 11.1 Å². The van der Waals surface area contributed by atoms with Crippen molar-refractivity contribution >= 4 is 27.3 Å². The third-order valence-electron chi connectivity index (χ3n) is 2.68. The fourth-order valence-electron chi connectivity index (χ4n) is 1.82. The van der Waals surface area contributed by atoms with Crippen molar-refractivity contribution in [3.63, 3.8) is 0 Å². The lowest BCUT2D eigenvalue weighted by Gasteiger charge is -2.12. The zero-order valence-corrected chi connectivity index (χ0v) is 12.5. The van der Waals surface area contributed by atoms with Gasteiger partial charge in [-0.15, -0.1) is 11.3 Å². The lowest BCUT2D eigenvalue weighted by Crippen LogP contribution is -2.35. The number of halogens is 1. The largest absolute Gasteiger partial charge is 0.326 e. The molecule has 2 aromatic rings. The van der Waals surface area contributed by atoms with Gasteiger partial charge in [0.15, 0.2) is 0 Å². The van der Waals surface area contributed by atoms with Crippen LogP contribution in [-0.2, 0) is 13.0 Å². The van der Waals surface area contributed by atoms with Gasteiger partial charge in [0.05, 0.1) is 3.79 Å². The Morgan fingerprint density at radius 3 is 2.61 bits per heavy atom. The summed E-state index contributed by atoms with van der Waals surface area (Å²) >= 11 is 5.22. The maximum atomic E-state index is 6.11. The Kier molecular flexibility index (Phi) is 5.38. The van der Waals surface area contributed by atoms with Crippen LogP contribution in [0, 0.1) is 0 Å². The molecule has 0 radical (unpaired) electrons. The van der Waals surface area contributed by atoms with Crippen molar-refractivity contribution in [1.29, 1.82) is 0 Å². The maximum absolute atomic E-state index is 6.11. The molecular formula is C14H17BrN2S. The summed E-state index contributed by atoms with van der Waals surface area (Å²) in [6, 6.07) is 14.7. The van der Waals surface area contributed by atoms with Gasteiger partial charge in [0.25, 0.3) is 0 Å². The molecule has 0 spiro atoms. The van der Waals surface area contributed by atoms with Crippen molar-refractivity contribution in [2.75, 3.05) is 6.54 Å². The number of nitrogens with one attached hydrogen (secondary N) is 1. The highest BCUT2D eigenvalue weighted by atomic mass is 79.9. The average Bonchev–Trinajstić information content (AvgIpc) is 2.76. The van der Waals surface area contributed by atoms with Crippen molar-refractivity contribution in [3.05, 3.63) is 56.7 Å². The van der Waals surface area contributed by atoms with E-state index < -0.39 is 0 Å². The summed E-state index contributed by atoms with van der Waals surface area (Å²) in [5.41, 5.74) is 7.40. The molecule has 0 aliphatic carbocycles. The molecule has 0 fully saturated rings. The van der Waals surface area contributed by atoms with Crippen LogP contribution in [-0.4, -0.2) is 12.6 Å². The fraction of sp³-hybridized carbons (Fsp3) is 0.286. The third-order valence-corrected chi connectivity index (χ3v) is 4.30. The highest BCUT2D eigenvalue weighted by molar-refractivity contribution is 9.11. The lowest BCUT2D eigenvalue weighted by atomic mass is 10.1. The Morgan fingerprint density at radius 1 is 1.17 bits per heavy atom. The normalized spacial score (nSPS) is 12.6. The van der Waals surface area contributed by atoms with Crippen LogP contribution in [0.4, 0.5) is 0 Å². The molecule has 1 aromatic carbocycles. The van der Waals surface area contributed by atoms with E-state index in [1.165, 1.54) is 14.2 Å². The monoisotopic (exact) mass is 324 g/mol. The van der Waals surface area contributed by atoms with E-state index in [0.717, 1.165) is 19.5 Å². The van der Waals surface area contributed by atoms with Crippen LogP contribution in [0.5, 0.6) is 0 Å². The van der Waals surface area contributed by atoms with Crippen molar-refractivity contribution in [2.45, 2.75) is 19.0 Å². The minimum absolute atomic E-state index is 0.163. The third kappa shape index (κ3) is 4.53. The van der Waals surface area contributed by atoms with Gasteiger partial charge in [0.1, 0.15) is 0 Å². The van der Waals surface area contributed by atoms with E-state index in [2.05, 4.69) is 57.6 Å². The van der Waals surface area contributed by atoms with E-state index in [0.29, 0.717) is 0 Å². The molecule has 0 aliphatic heterocycles. The van der Waals surface area contributed by atoms with Gasteiger partial charge in [-0.05, 0) is 40.0 Å². The molecule has 0 bridgehead atoms. The quantitative estimate of drug-likeness (QED) is 0.856. The molecule has 0 amide bonds. The Hall–Kier alpha value is -0.680. The SMILES string of the molecule is NC(CNCc1ccc(Br)s1)Cc1ccccc1. The molecule has 0 saturated heterocycles. The molecule has 96 valence electrons. The summed E-state index contributed by atoms with van der Waals surface area (Å²) in [6.45, 7) is 1.73. The second-order valence-electron chi connectivity index (χ2n) is 4.29. The summed E-state index contributed by atoms with van der Waals surface area (Å²) in [5.74, 6) is 0. The standard InChI is InChI=1S/C14H17BrN2S/c15-14-7-6-13(18-14)10-17-9-12(16)8-11-4-2-1-3-5-11/h1-7,12,17H,8-10,16H2. The van der Waals surface area contributed by atoms with Gasteiger partial charge in [-0.3, -0.25) is 0 Å². The van der Waals surface area contributed by atoms with Crippen molar-refractivity contribution < 1.29 is 0 Å². The summed E-state index contributed by atoms with van der Waals surface area (Å²) < 4.78 is 1.17. The minimum atomic E-state index is 0.163. The topological polar surface area (TPSA) is 38.0 Å². The highest BCUT2D eigenvalue weighted by Crippen LogP contribution is 2.21. The molecule has 1 aromatic heterocycles. The first-order chi connectivity index (χ1) is 8.74. The Labute approximate surface area is 120 Å². The number of hydrogen-bond donors (Lipinski definition) is 2. The molecule has 1 unspecified atom stereocenters. The van der Waals surface area contributed by atoms with Crippen LogP contribution in [0.2, 0.25) is 0 Å². The van der Waals surface area contributed by atoms with E-state index in [1.807, 2.05) is 6.07 Å². The van der Waals surface area contributed by atoms with Gasteiger partial charge in [-0.25, -0.2) is 0 Å². The van der Waals surface area contributed by atoms with E-state index in [-0.39, 0.29) is 6.04 Å². The molecule has 1 heterocycles. The zero-order valence-electron chi connectivity index (χ0n) is 10.1. The number of rotatable bonds is 6. The van der Waals surface area contributed by atoms with Gasteiger partial charge in [0, 0.05) is 24.0 Å². The molecule has 18 heavy (non-hydrogen) atoms. The Bertz CT molecular complexity index is 470.